The van der Waals surface area contributed by atoms with Crippen molar-refractivity contribution in [1.29, 1.82) is 0 Å². The zero-order chi connectivity index (χ0) is 14.4. The van der Waals surface area contributed by atoms with E-state index in [4.69, 9.17) is 5.11 Å². The van der Waals surface area contributed by atoms with E-state index in [1.807, 2.05) is 0 Å². The van der Waals surface area contributed by atoms with E-state index < -0.39 is 11.9 Å². The van der Waals surface area contributed by atoms with Gasteiger partial charge in [0.1, 0.15) is 0 Å². The monoisotopic (exact) mass is 266 g/mol. The first kappa shape index (κ1) is 15.5. The molecule has 4 nitrogen and oxygen atoms in total. The number of carbonyl (C=O) groups is 2. The van der Waals surface area contributed by atoms with Crippen LogP contribution in [0.25, 0.3) is 0 Å². The van der Waals surface area contributed by atoms with Crippen molar-refractivity contribution in [2.24, 2.45) is 5.92 Å². The lowest BCUT2D eigenvalue weighted by atomic mass is 9.81. The van der Waals surface area contributed by atoms with E-state index in [0.717, 1.165) is 25.7 Å². The molecule has 0 radical (unpaired) electrons. The van der Waals surface area contributed by atoms with Gasteiger partial charge in [0.15, 0.2) is 0 Å². The maximum absolute atomic E-state index is 11.2. The summed E-state index contributed by atoms with van der Waals surface area (Å²) >= 11 is 0. The van der Waals surface area contributed by atoms with Gasteiger partial charge < -0.3 is 10.2 Å². The van der Waals surface area contributed by atoms with Crippen molar-refractivity contribution in [2.45, 2.75) is 52.4 Å². The van der Waals surface area contributed by atoms with Gasteiger partial charge in [-0.2, -0.15) is 0 Å². The minimum absolute atomic E-state index is 0.186. The molecule has 1 fully saturated rings. The summed E-state index contributed by atoms with van der Waals surface area (Å²) in [7, 11) is 0. The zero-order valence-electron chi connectivity index (χ0n) is 11.6. The van der Waals surface area contributed by atoms with Gasteiger partial charge in [-0.15, -0.1) is 0 Å². The van der Waals surface area contributed by atoms with Crippen LogP contribution < -0.4 is 0 Å². The van der Waals surface area contributed by atoms with Gasteiger partial charge in [-0.05, 0) is 43.8 Å². The Hall–Kier alpha value is -1.58. The van der Waals surface area contributed by atoms with Gasteiger partial charge in [0.05, 0.1) is 0 Å². The van der Waals surface area contributed by atoms with Gasteiger partial charge in [0.25, 0.3) is 0 Å². The Bertz CT molecular complexity index is 412. The van der Waals surface area contributed by atoms with Crippen LogP contribution in [-0.2, 0) is 9.59 Å². The third-order valence-electron chi connectivity index (χ3n) is 3.78. The summed E-state index contributed by atoms with van der Waals surface area (Å²) in [5.74, 6) is -1.74. The molecule has 0 amide bonds. The highest BCUT2D eigenvalue weighted by atomic mass is 16.4. The molecule has 0 heterocycles. The van der Waals surface area contributed by atoms with Gasteiger partial charge >= 0.3 is 11.9 Å². The van der Waals surface area contributed by atoms with Crippen molar-refractivity contribution in [3.8, 4) is 0 Å². The van der Waals surface area contributed by atoms with Crippen LogP contribution in [0.4, 0.5) is 0 Å². The highest BCUT2D eigenvalue weighted by molar-refractivity contribution is 5.90. The van der Waals surface area contributed by atoms with Crippen LogP contribution in [-0.4, -0.2) is 22.2 Å². The number of hydrogen-bond donors (Lipinski definition) is 2. The molecule has 4 heteroatoms. The van der Waals surface area contributed by atoms with E-state index in [1.54, 1.807) is 19.9 Å². The largest absolute Gasteiger partial charge is 0.478 e. The first-order valence-corrected chi connectivity index (χ1v) is 6.85. The molecule has 0 aliphatic heterocycles. The first-order valence-electron chi connectivity index (χ1n) is 6.85. The van der Waals surface area contributed by atoms with Gasteiger partial charge in [-0.25, -0.2) is 9.59 Å². The second-order valence-electron chi connectivity index (χ2n) is 5.05. The predicted molar refractivity (Wildman–Crippen MR) is 72.9 cm³/mol. The summed E-state index contributed by atoms with van der Waals surface area (Å²) in [5, 5.41) is 18.3. The van der Waals surface area contributed by atoms with Crippen LogP contribution in [0.3, 0.4) is 0 Å². The van der Waals surface area contributed by atoms with E-state index in [-0.39, 0.29) is 17.1 Å². The molecule has 1 saturated carbocycles. The van der Waals surface area contributed by atoms with Crippen molar-refractivity contribution in [1.82, 2.24) is 0 Å². The molecule has 0 bridgehead atoms. The average Bonchev–Trinajstić information content (AvgIpc) is 2.39. The quantitative estimate of drug-likeness (QED) is 0.591. The number of carboxylic acid groups (broad SMARTS) is 2. The van der Waals surface area contributed by atoms with E-state index in [1.165, 1.54) is 6.42 Å². The third kappa shape index (κ3) is 4.23. The van der Waals surface area contributed by atoms with Crippen molar-refractivity contribution >= 4 is 11.9 Å². The summed E-state index contributed by atoms with van der Waals surface area (Å²) in [6.07, 6.45) is 7.24. The molecule has 0 saturated heterocycles. The molecule has 0 spiro atoms. The summed E-state index contributed by atoms with van der Waals surface area (Å²) in [5.41, 5.74) is 1.26. The lowest BCUT2D eigenvalue weighted by Crippen LogP contribution is -2.14. The Labute approximate surface area is 113 Å². The zero-order valence-corrected chi connectivity index (χ0v) is 11.6. The number of allylic oxidation sites excluding steroid dienone is 2. The Morgan fingerprint density at radius 1 is 1.11 bits per heavy atom. The summed E-state index contributed by atoms with van der Waals surface area (Å²) in [6, 6.07) is 0. The fraction of sp³-hybridized carbons (Fsp3) is 0.600. The molecule has 0 aromatic rings. The van der Waals surface area contributed by atoms with Gasteiger partial charge in [0.2, 0.25) is 0 Å². The fourth-order valence-corrected chi connectivity index (χ4v) is 2.57. The fourth-order valence-electron chi connectivity index (χ4n) is 2.57. The Morgan fingerprint density at radius 2 is 1.68 bits per heavy atom. The third-order valence-corrected chi connectivity index (χ3v) is 3.78. The molecular formula is C15H22O4. The molecule has 106 valence electrons. The second kappa shape index (κ2) is 7.12. The van der Waals surface area contributed by atoms with Crippen LogP contribution >= 0.6 is 0 Å². The number of aliphatic carboxylic acids is 2. The normalized spacial score (nSPS) is 18.9. The van der Waals surface area contributed by atoms with E-state index in [9.17, 15) is 14.7 Å². The maximum atomic E-state index is 11.2. The van der Waals surface area contributed by atoms with Crippen molar-refractivity contribution in [3.63, 3.8) is 0 Å². The highest BCUT2D eigenvalue weighted by Gasteiger charge is 2.22. The van der Waals surface area contributed by atoms with Crippen LogP contribution in [0, 0.1) is 5.92 Å². The molecule has 19 heavy (non-hydrogen) atoms. The number of rotatable bonds is 5. The molecule has 0 aromatic heterocycles. The van der Waals surface area contributed by atoms with Gasteiger partial charge in [-0.1, -0.05) is 26.2 Å². The van der Waals surface area contributed by atoms with E-state index >= 15 is 0 Å². The molecule has 0 unspecified atom stereocenters. The average molecular weight is 266 g/mol. The number of carboxylic acids is 2. The second-order valence-corrected chi connectivity index (χ2v) is 5.05. The van der Waals surface area contributed by atoms with Gasteiger partial charge in [0, 0.05) is 11.1 Å². The molecule has 2 N–H and O–H groups in total. The first-order chi connectivity index (χ1) is 8.97. The minimum Gasteiger partial charge on any atom is -0.478 e. The maximum Gasteiger partial charge on any atom is 0.331 e. The van der Waals surface area contributed by atoms with Crippen molar-refractivity contribution in [2.75, 3.05) is 0 Å². The van der Waals surface area contributed by atoms with Crippen molar-refractivity contribution < 1.29 is 19.8 Å². The summed E-state index contributed by atoms with van der Waals surface area (Å²) < 4.78 is 0. The topological polar surface area (TPSA) is 74.6 Å². The Morgan fingerprint density at radius 3 is 2.11 bits per heavy atom. The van der Waals surface area contributed by atoms with Gasteiger partial charge in [-0.3, -0.25) is 0 Å². The van der Waals surface area contributed by atoms with Crippen LogP contribution in [0.2, 0.25) is 0 Å². The highest BCUT2D eigenvalue weighted by Crippen LogP contribution is 2.33. The summed E-state index contributed by atoms with van der Waals surface area (Å²) in [6.45, 7) is 3.34. The molecule has 1 aliphatic carbocycles. The van der Waals surface area contributed by atoms with E-state index in [0.29, 0.717) is 12.0 Å². The Balaban J connectivity index is 3.16. The Kier molecular flexibility index (Phi) is 5.80. The lowest BCUT2D eigenvalue weighted by Gasteiger charge is -2.24. The standard InChI is InChI=1S/C15H22O4/c1-3-11(15(18)19)9-13(10(2)14(16)17)12-7-5-4-6-8-12/h9,12H,3-8H2,1-2H3,(H,16,17)(H,18,19). The smallest absolute Gasteiger partial charge is 0.331 e. The minimum atomic E-state index is -0.964. The lowest BCUT2D eigenvalue weighted by molar-refractivity contribution is -0.133. The molecule has 0 aromatic carbocycles. The van der Waals surface area contributed by atoms with Crippen LogP contribution in [0.1, 0.15) is 52.4 Å². The van der Waals surface area contributed by atoms with Crippen LogP contribution in [0.5, 0.6) is 0 Å². The molecule has 0 atom stereocenters. The molecule has 1 rings (SSSR count). The van der Waals surface area contributed by atoms with Crippen molar-refractivity contribution in [3.05, 3.63) is 22.8 Å². The SMILES string of the molecule is CCC(=CC(=C(C)C(=O)O)C1CCCCC1)C(=O)O. The predicted octanol–water partition coefficient (Wildman–Crippen LogP) is 3.39. The molecule has 1 aliphatic rings. The van der Waals surface area contributed by atoms with Crippen LogP contribution in [0.15, 0.2) is 22.8 Å². The summed E-state index contributed by atoms with van der Waals surface area (Å²) in [4.78, 5) is 22.3. The van der Waals surface area contributed by atoms with E-state index in [2.05, 4.69) is 0 Å². The number of hydrogen-bond acceptors (Lipinski definition) is 2. The molecular weight excluding hydrogens is 244 g/mol.